The SMILES string of the molecule is O=C(Nc1ccc2nc(C3CCC3)[nH]c2c1)c1cccc(NC(=O)C2CC2)c1. The molecule has 2 saturated carbocycles. The van der Waals surface area contributed by atoms with E-state index in [-0.39, 0.29) is 17.7 Å². The number of nitrogens with one attached hydrogen (secondary N) is 3. The molecule has 2 aromatic carbocycles. The van der Waals surface area contributed by atoms with Gasteiger partial charge in [0.15, 0.2) is 0 Å². The second-order valence-electron chi connectivity index (χ2n) is 7.78. The second kappa shape index (κ2) is 6.78. The van der Waals surface area contributed by atoms with Gasteiger partial charge in [0.05, 0.1) is 11.0 Å². The Morgan fingerprint density at radius 2 is 1.79 bits per heavy atom. The van der Waals surface area contributed by atoms with Crippen molar-refractivity contribution < 1.29 is 9.59 Å². The van der Waals surface area contributed by atoms with Gasteiger partial charge in [-0.3, -0.25) is 9.59 Å². The van der Waals surface area contributed by atoms with Crippen LogP contribution in [-0.4, -0.2) is 21.8 Å². The highest BCUT2D eigenvalue weighted by Crippen LogP contribution is 2.35. The number of hydrogen-bond acceptors (Lipinski definition) is 3. The minimum atomic E-state index is -0.208. The third-order valence-corrected chi connectivity index (χ3v) is 5.59. The lowest BCUT2D eigenvalue weighted by molar-refractivity contribution is -0.117. The quantitative estimate of drug-likeness (QED) is 0.617. The number of hydrogen-bond donors (Lipinski definition) is 3. The van der Waals surface area contributed by atoms with Crippen molar-refractivity contribution in [2.75, 3.05) is 10.6 Å². The molecule has 28 heavy (non-hydrogen) atoms. The average Bonchev–Trinajstić information content (AvgIpc) is 3.41. The summed E-state index contributed by atoms with van der Waals surface area (Å²) in [5, 5.41) is 5.81. The number of rotatable bonds is 5. The van der Waals surface area contributed by atoms with Crippen molar-refractivity contribution >= 4 is 34.2 Å². The fraction of sp³-hybridized carbons (Fsp3) is 0.318. The summed E-state index contributed by atoms with van der Waals surface area (Å²) in [7, 11) is 0. The van der Waals surface area contributed by atoms with E-state index in [1.54, 1.807) is 24.3 Å². The zero-order valence-electron chi connectivity index (χ0n) is 15.5. The molecule has 1 aromatic heterocycles. The van der Waals surface area contributed by atoms with Gasteiger partial charge in [0.25, 0.3) is 5.91 Å². The molecule has 142 valence electrons. The number of imidazole rings is 1. The maximum absolute atomic E-state index is 12.7. The van der Waals surface area contributed by atoms with E-state index in [4.69, 9.17) is 0 Å². The highest BCUT2D eigenvalue weighted by Gasteiger charge is 2.29. The van der Waals surface area contributed by atoms with E-state index in [2.05, 4.69) is 20.6 Å². The number of aromatic amines is 1. The van der Waals surface area contributed by atoms with E-state index in [0.29, 0.717) is 22.9 Å². The van der Waals surface area contributed by atoms with Crippen LogP contribution in [0.25, 0.3) is 11.0 Å². The van der Waals surface area contributed by atoms with Crippen molar-refractivity contribution in [2.45, 2.75) is 38.0 Å². The Hall–Kier alpha value is -3.15. The Morgan fingerprint density at radius 3 is 2.54 bits per heavy atom. The number of anilines is 2. The van der Waals surface area contributed by atoms with Gasteiger partial charge >= 0.3 is 0 Å². The predicted molar refractivity (Wildman–Crippen MR) is 108 cm³/mol. The van der Waals surface area contributed by atoms with Crippen LogP contribution in [0.4, 0.5) is 11.4 Å². The molecule has 3 aromatic rings. The van der Waals surface area contributed by atoms with Gasteiger partial charge in [-0.15, -0.1) is 0 Å². The minimum absolute atomic E-state index is 0.0320. The van der Waals surface area contributed by atoms with Gasteiger partial charge in [0, 0.05) is 28.8 Å². The number of amides is 2. The molecule has 0 aliphatic heterocycles. The molecule has 2 aliphatic carbocycles. The lowest BCUT2D eigenvalue weighted by Gasteiger charge is -2.22. The summed E-state index contributed by atoms with van der Waals surface area (Å²) in [6.45, 7) is 0. The Morgan fingerprint density at radius 1 is 0.964 bits per heavy atom. The zero-order chi connectivity index (χ0) is 19.1. The molecule has 1 heterocycles. The summed E-state index contributed by atoms with van der Waals surface area (Å²) in [6.07, 6.45) is 5.55. The van der Waals surface area contributed by atoms with Crippen LogP contribution >= 0.6 is 0 Å². The maximum Gasteiger partial charge on any atom is 0.255 e. The van der Waals surface area contributed by atoms with Gasteiger partial charge < -0.3 is 15.6 Å². The first-order valence-electron chi connectivity index (χ1n) is 9.88. The number of fused-ring (bicyclic) bond motifs is 1. The summed E-state index contributed by atoms with van der Waals surface area (Å²) in [5.74, 6) is 1.54. The molecular weight excluding hydrogens is 352 g/mol. The minimum Gasteiger partial charge on any atom is -0.342 e. The molecule has 5 rings (SSSR count). The van der Waals surface area contributed by atoms with Gasteiger partial charge in [0.2, 0.25) is 5.91 Å². The van der Waals surface area contributed by atoms with Crippen molar-refractivity contribution in [2.24, 2.45) is 5.92 Å². The van der Waals surface area contributed by atoms with E-state index < -0.39 is 0 Å². The summed E-state index contributed by atoms with van der Waals surface area (Å²) in [6, 6.07) is 12.7. The van der Waals surface area contributed by atoms with Gasteiger partial charge in [-0.25, -0.2) is 4.98 Å². The van der Waals surface area contributed by atoms with Crippen molar-refractivity contribution in [3.8, 4) is 0 Å². The predicted octanol–water partition coefficient (Wildman–Crippen LogP) is 4.43. The summed E-state index contributed by atoms with van der Waals surface area (Å²) < 4.78 is 0. The lowest BCUT2D eigenvalue weighted by Crippen LogP contribution is -2.15. The first-order valence-corrected chi connectivity index (χ1v) is 9.88. The van der Waals surface area contributed by atoms with Crippen LogP contribution in [0, 0.1) is 5.92 Å². The second-order valence-corrected chi connectivity index (χ2v) is 7.78. The van der Waals surface area contributed by atoms with Gasteiger partial charge in [-0.1, -0.05) is 12.5 Å². The van der Waals surface area contributed by atoms with Crippen LogP contribution in [0.1, 0.15) is 54.2 Å². The van der Waals surface area contributed by atoms with Crippen LogP contribution in [0.5, 0.6) is 0 Å². The first-order chi connectivity index (χ1) is 13.7. The Kier molecular flexibility index (Phi) is 4.11. The number of carbonyl (C=O) groups is 2. The van der Waals surface area contributed by atoms with Gasteiger partial charge in [-0.05, 0) is 62.1 Å². The maximum atomic E-state index is 12.7. The monoisotopic (exact) mass is 374 g/mol. The number of benzene rings is 2. The lowest BCUT2D eigenvalue weighted by atomic mass is 9.85. The summed E-state index contributed by atoms with van der Waals surface area (Å²) in [4.78, 5) is 32.6. The van der Waals surface area contributed by atoms with Crippen molar-refractivity contribution in [3.63, 3.8) is 0 Å². The molecule has 6 heteroatoms. The normalized spacial score (nSPS) is 16.6. The largest absolute Gasteiger partial charge is 0.342 e. The first kappa shape index (κ1) is 17.0. The van der Waals surface area contributed by atoms with E-state index in [1.165, 1.54) is 19.3 Å². The van der Waals surface area contributed by atoms with Crippen LogP contribution in [0.15, 0.2) is 42.5 Å². The molecule has 3 N–H and O–H groups in total. The Bertz CT molecular complexity index is 1060. The third kappa shape index (κ3) is 3.38. The van der Waals surface area contributed by atoms with Crippen molar-refractivity contribution in [3.05, 3.63) is 53.9 Å². The van der Waals surface area contributed by atoms with Crippen molar-refractivity contribution in [1.29, 1.82) is 0 Å². The molecule has 6 nitrogen and oxygen atoms in total. The van der Waals surface area contributed by atoms with E-state index in [0.717, 1.165) is 29.7 Å². The number of aromatic nitrogens is 2. The van der Waals surface area contributed by atoms with E-state index in [1.807, 2.05) is 18.2 Å². The van der Waals surface area contributed by atoms with Crippen LogP contribution in [0.2, 0.25) is 0 Å². The number of nitrogens with zero attached hydrogens (tertiary/aromatic N) is 1. The molecule has 2 fully saturated rings. The standard InChI is InChI=1S/C22H22N4O2/c27-21(14-7-8-14)23-16-6-2-5-15(11-16)22(28)24-17-9-10-18-19(12-17)26-20(25-18)13-3-1-4-13/h2,5-6,9-14H,1,3-4,7-8H2,(H,23,27)(H,24,28)(H,25,26). The molecule has 0 spiro atoms. The summed E-state index contributed by atoms with van der Waals surface area (Å²) >= 11 is 0. The van der Waals surface area contributed by atoms with Gasteiger partial charge in [-0.2, -0.15) is 0 Å². The highest BCUT2D eigenvalue weighted by molar-refractivity contribution is 6.06. The van der Waals surface area contributed by atoms with E-state index >= 15 is 0 Å². The Balaban J connectivity index is 1.31. The molecular formula is C22H22N4O2. The van der Waals surface area contributed by atoms with Crippen LogP contribution in [-0.2, 0) is 4.79 Å². The van der Waals surface area contributed by atoms with Crippen LogP contribution < -0.4 is 10.6 Å². The van der Waals surface area contributed by atoms with E-state index in [9.17, 15) is 9.59 Å². The highest BCUT2D eigenvalue weighted by atomic mass is 16.2. The fourth-order valence-electron chi connectivity index (χ4n) is 3.51. The molecule has 2 aliphatic rings. The molecule has 0 unspecified atom stereocenters. The molecule has 0 atom stereocenters. The van der Waals surface area contributed by atoms with Crippen LogP contribution in [0.3, 0.4) is 0 Å². The fourth-order valence-corrected chi connectivity index (χ4v) is 3.51. The number of carbonyl (C=O) groups excluding carboxylic acids is 2. The Labute approximate surface area is 162 Å². The average molecular weight is 374 g/mol. The smallest absolute Gasteiger partial charge is 0.255 e. The molecule has 2 amide bonds. The van der Waals surface area contributed by atoms with Crippen molar-refractivity contribution in [1.82, 2.24) is 9.97 Å². The zero-order valence-corrected chi connectivity index (χ0v) is 15.5. The molecule has 0 bridgehead atoms. The number of H-pyrrole nitrogens is 1. The van der Waals surface area contributed by atoms with Gasteiger partial charge in [0.1, 0.15) is 5.82 Å². The molecule has 0 saturated heterocycles. The topological polar surface area (TPSA) is 86.9 Å². The summed E-state index contributed by atoms with van der Waals surface area (Å²) in [5.41, 5.74) is 3.73. The third-order valence-electron chi connectivity index (χ3n) is 5.59. The molecule has 0 radical (unpaired) electrons.